The molecule has 3 rings (SSSR count). The number of anilines is 2. The van der Waals surface area contributed by atoms with Gasteiger partial charge in [-0.2, -0.15) is 0 Å². The van der Waals surface area contributed by atoms with Crippen LogP contribution in [0.2, 0.25) is 0 Å². The molecule has 2 aromatic rings. The highest BCUT2D eigenvalue weighted by Gasteiger charge is 2.15. The van der Waals surface area contributed by atoms with Crippen LogP contribution in [0.15, 0.2) is 45.5 Å². The van der Waals surface area contributed by atoms with Crippen LogP contribution in [-0.4, -0.2) is 18.1 Å². The fourth-order valence-electron chi connectivity index (χ4n) is 2.61. The molecular formula is C16H17Br2N3. The van der Waals surface area contributed by atoms with Crippen LogP contribution in [0.4, 0.5) is 11.4 Å². The molecule has 3 nitrogen and oxygen atoms in total. The van der Waals surface area contributed by atoms with Crippen LogP contribution < -0.4 is 10.2 Å². The van der Waals surface area contributed by atoms with E-state index in [0.717, 1.165) is 27.7 Å². The lowest BCUT2D eigenvalue weighted by Crippen LogP contribution is -2.19. The third-order valence-corrected chi connectivity index (χ3v) is 4.80. The second-order valence-corrected chi connectivity index (χ2v) is 6.92. The summed E-state index contributed by atoms with van der Waals surface area (Å²) in [4.78, 5) is 6.90. The van der Waals surface area contributed by atoms with Crippen molar-refractivity contribution in [3.8, 4) is 0 Å². The van der Waals surface area contributed by atoms with Crippen LogP contribution in [0.1, 0.15) is 18.5 Å². The summed E-state index contributed by atoms with van der Waals surface area (Å²) < 4.78 is 2.00. The monoisotopic (exact) mass is 409 g/mol. The lowest BCUT2D eigenvalue weighted by molar-refractivity contribution is 0.949. The minimum absolute atomic E-state index is 0.707. The molecular weight excluding hydrogens is 394 g/mol. The van der Waals surface area contributed by atoms with Gasteiger partial charge in [0, 0.05) is 28.2 Å². The van der Waals surface area contributed by atoms with E-state index in [2.05, 4.69) is 71.3 Å². The van der Waals surface area contributed by atoms with Gasteiger partial charge < -0.3 is 10.2 Å². The van der Waals surface area contributed by atoms with E-state index >= 15 is 0 Å². The van der Waals surface area contributed by atoms with Crippen molar-refractivity contribution in [2.45, 2.75) is 19.4 Å². The zero-order chi connectivity index (χ0) is 14.7. The molecule has 1 aliphatic heterocycles. The Kier molecular flexibility index (Phi) is 4.80. The Balaban J connectivity index is 1.75. The van der Waals surface area contributed by atoms with E-state index in [0.29, 0.717) is 6.54 Å². The first-order valence-electron chi connectivity index (χ1n) is 7.12. The predicted molar refractivity (Wildman–Crippen MR) is 94.9 cm³/mol. The van der Waals surface area contributed by atoms with Crippen molar-refractivity contribution in [1.82, 2.24) is 4.98 Å². The lowest BCUT2D eigenvalue weighted by Gasteiger charge is -2.22. The predicted octanol–water partition coefficient (Wildman–Crippen LogP) is 4.82. The number of rotatable bonds is 4. The summed E-state index contributed by atoms with van der Waals surface area (Å²) in [5.74, 6) is 0. The smallest absolute Gasteiger partial charge is 0.0737 e. The summed E-state index contributed by atoms with van der Waals surface area (Å²) in [6.45, 7) is 3.01. The van der Waals surface area contributed by atoms with Crippen LogP contribution in [0.3, 0.4) is 0 Å². The number of para-hydroxylation sites is 2. The van der Waals surface area contributed by atoms with Gasteiger partial charge in [0.05, 0.1) is 23.6 Å². The molecule has 1 aliphatic rings. The van der Waals surface area contributed by atoms with Gasteiger partial charge in [-0.15, -0.1) is 0 Å². The van der Waals surface area contributed by atoms with Gasteiger partial charge in [0.2, 0.25) is 0 Å². The molecule has 1 aromatic carbocycles. The summed E-state index contributed by atoms with van der Waals surface area (Å²) in [5, 5.41) is 3.52. The van der Waals surface area contributed by atoms with Crippen molar-refractivity contribution in [2.75, 3.05) is 23.3 Å². The molecule has 0 aliphatic carbocycles. The number of hydrogen-bond acceptors (Lipinski definition) is 3. The minimum atomic E-state index is 0.707. The normalized spacial score (nSPS) is 14.5. The van der Waals surface area contributed by atoms with Crippen LogP contribution in [0, 0.1) is 0 Å². The Labute approximate surface area is 142 Å². The molecule has 0 amide bonds. The number of nitrogens with zero attached hydrogens (tertiary/aromatic N) is 2. The van der Waals surface area contributed by atoms with Crippen LogP contribution in [-0.2, 0) is 6.54 Å². The average molecular weight is 411 g/mol. The van der Waals surface area contributed by atoms with Gasteiger partial charge in [0.25, 0.3) is 0 Å². The second-order valence-electron chi connectivity index (χ2n) is 5.15. The third-order valence-electron chi connectivity index (χ3n) is 3.68. The van der Waals surface area contributed by atoms with Crippen molar-refractivity contribution in [3.63, 3.8) is 0 Å². The minimum Gasteiger partial charge on any atom is -0.378 e. The molecule has 1 saturated heterocycles. The van der Waals surface area contributed by atoms with E-state index in [1.54, 1.807) is 0 Å². The quantitative estimate of drug-likeness (QED) is 0.783. The fourth-order valence-corrected chi connectivity index (χ4v) is 3.74. The van der Waals surface area contributed by atoms with Crippen LogP contribution in [0.5, 0.6) is 0 Å². The lowest BCUT2D eigenvalue weighted by atomic mass is 10.2. The van der Waals surface area contributed by atoms with Crippen LogP contribution >= 0.6 is 31.9 Å². The fraction of sp³-hybridized carbons (Fsp3) is 0.312. The second kappa shape index (κ2) is 6.79. The topological polar surface area (TPSA) is 28.2 Å². The van der Waals surface area contributed by atoms with Crippen molar-refractivity contribution in [3.05, 3.63) is 51.2 Å². The van der Waals surface area contributed by atoms with E-state index in [9.17, 15) is 0 Å². The number of benzene rings is 1. The average Bonchev–Trinajstić information content (AvgIpc) is 3.01. The van der Waals surface area contributed by atoms with Crippen molar-refractivity contribution in [1.29, 1.82) is 0 Å². The van der Waals surface area contributed by atoms with E-state index < -0.39 is 0 Å². The van der Waals surface area contributed by atoms with Gasteiger partial charge >= 0.3 is 0 Å². The van der Waals surface area contributed by atoms with Crippen molar-refractivity contribution in [2.24, 2.45) is 0 Å². The molecule has 0 unspecified atom stereocenters. The zero-order valence-corrected chi connectivity index (χ0v) is 14.8. The zero-order valence-electron chi connectivity index (χ0n) is 11.6. The molecule has 1 fully saturated rings. The van der Waals surface area contributed by atoms with Gasteiger partial charge in [-0.1, -0.05) is 12.1 Å². The molecule has 1 N–H and O–H groups in total. The molecule has 0 spiro atoms. The van der Waals surface area contributed by atoms with E-state index in [1.807, 2.05) is 12.3 Å². The maximum Gasteiger partial charge on any atom is 0.0737 e. The first-order valence-corrected chi connectivity index (χ1v) is 8.70. The first-order chi connectivity index (χ1) is 10.2. The summed E-state index contributed by atoms with van der Waals surface area (Å²) >= 11 is 6.99. The Morgan fingerprint density at radius 1 is 1.14 bits per heavy atom. The molecule has 2 heterocycles. The first kappa shape index (κ1) is 14.9. The highest BCUT2D eigenvalue weighted by molar-refractivity contribution is 9.11. The number of hydrogen-bond donors (Lipinski definition) is 1. The molecule has 110 valence electrons. The molecule has 0 saturated carbocycles. The van der Waals surface area contributed by atoms with Gasteiger partial charge in [0.1, 0.15) is 0 Å². The van der Waals surface area contributed by atoms with E-state index in [4.69, 9.17) is 0 Å². The summed E-state index contributed by atoms with van der Waals surface area (Å²) in [5.41, 5.74) is 3.48. The highest BCUT2D eigenvalue weighted by atomic mass is 79.9. The van der Waals surface area contributed by atoms with Crippen molar-refractivity contribution < 1.29 is 0 Å². The van der Waals surface area contributed by atoms with Crippen molar-refractivity contribution >= 4 is 43.2 Å². The van der Waals surface area contributed by atoms with Crippen LogP contribution in [0.25, 0.3) is 0 Å². The number of halogens is 2. The number of aromatic nitrogens is 1. The number of nitrogens with one attached hydrogen (secondary N) is 1. The Hall–Kier alpha value is -1.07. The molecule has 1 aromatic heterocycles. The number of pyridine rings is 1. The largest absolute Gasteiger partial charge is 0.378 e. The maximum atomic E-state index is 4.45. The van der Waals surface area contributed by atoms with Gasteiger partial charge in [-0.05, 0) is 62.9 Å². The molecule has 0 atom stereocenters. The summed E-state index contributed by atoms with van der Waals surface area (Å²) in [6.07, 6.45) is 4.40. The summed E-state index contributed by atoms with van der Waals surface area (Å²) in [7, 11) is 0. The standard InChI is InChI=1S/C16H17Br2N3/c17-12-9-13(18)15(19-10-12)11-20-14-5-1-2-6-16(14)21-7-3-4-8-21/h1-2,5-6,9-10,20H,3-4,7-8,11H2. The van der Waals surface area contributed by atoms with E-state index in [1.165, 1.54) is 24.2 Å². The van der Waals surface area contributed by atoms with Gasteiger partial charge in [-0.3, -0.25) is 4.98 Å². The Morgan fingerprint density at radius 3 is 2.67 bits per heavy atom. The third kappa shape index (κ3) is 3.58. The SMILES string of the molecule is Brc1cnc(CNc2ccccc2N2CCCC2)c(Br)c1. The molecule has 21 heavy (non-hydrogen) atoms. The summed E-state index contributed by atoms with van der Waals surface area (Å²) in [6, 6.07) is 10.5. The van der Waals surface area contributed by atoms with Gasteiger partial charge in [0.15, 0.2) is 0 Å². The Bertz CT molecular complexity index is 625. The van der Waals surface area contributed by atoms with Gasteiger partial charge in [-0.25, -0.2) is 0 Å². The molecule has 0 radical (unpaired) electrons. The highest BCUT2D eigenvalue weighted by Crippen LogP contribution is 2.29. The molecule has 5 heteroatoms. The molecule has 0 bridgehead atoms. The van der Waals surface area contributed by atoms with E-state index in [-0.39, 0.29) is 0 Å². The Morgan fingerprint density at radius 2 is 1.90 bits per heavy atom. The maximum absolute atomic E-state index is 4.45.